The number of ether oxygens (including phenoxy) is 2. The Bertz CT molecular complexity index is 566. The van der Waals surface area contributed by atoms with Crippen LogP contribution in [0, 0.1) is 0 Å². The topological polar surface area (TPSA) is 89.0 Å². The molecule has 0 spiro atoms. The van der Waals surface area contributed by atoms with E-state index in [1.165, 1.54) is 6.21 Å². The van der Waals surface area contributed by atoms with E-state index in [1.54, 1.807) is 0 Å². The van der Waals surface area contributed by atoms with Crippen molar-refractivity contribution in [3.05, 3.63) is 29.8 Å². The van der Waals surface area contributed by atoms with Crippen molar-refractivity contribution < 1.29 is 19.1 Å². The molecule has 24 heavy (non-hydrogen) atoms. The van der Waals surface area contributed by atoms with Gasteiger partial charge in [0.05, 0.1) is 18.9 Å². The molecule has 1 aliphatic heterocycles. The van der Waals surface area contributed by atoms with Crippen LogP contribution in [0.4, 0.5) is 0 Å². The minimum atomic E-state index is -0.799. The zero-order valence-corrected chi connectivity index (χ0v) is 13.8. The number of hydrazone groups is 1. The molecule has 0 radical (unpaired) electrons. The van der Waals surface area contributed by atoms with Gasteiger partial charge in [0, 0.05) is 13.2 Å². The molecular weight excluding hydrogens is 310 g/mol. The summed E-state index contributed by atoms with van der Waals surface area (Å²) >= 11 is 0. The van der Waals surface area contributed by atoms with E-state index in [4.69, 9.17) is 9.47 Å². The lowest BCUT2D eigenvalue weighted by atomic mass is 10.2. The predicted molar refractivity (Wildman–Crippen MR) is 89.9 cm³/mol. The van der Waals surface area contributed by atoms with Crippen molar-refractivity contribution in [3.8, 4) is 5.75 Å². The third-order valence-electron chi connectivity index (χ3n) is 3.45. The van der Waals surface area contributed by atoms with Gasteiger partial charge in [-0.15, -0.1) is 0 Å². The lowest BCUT2D eigenvalue weighted by Gasteiger charge is -2.09. The number of carbonyl (C=O) groups excluding carboxylic acids is 2. The van der Waals surface area contributed by atoms with E-state index in [0.717, 1.165) is 30.6 Å². The van der Waals surface area contributed by atoms with Gasteiger partial charge >= 0.3 is 11.8 Å². The van der Waals surface area contributed by atoms with Crippen molar-refractivity contribution in [3.63, 3.8) is 0 Å². The molecular formula is C17H23N3O4. The maximum absolute atomic E-state index is 11.6. The number of nitrogens with one attached hydrogen (secondary N) is 2. The summed E-state index contributed by atoms with van der Waals surface area (Å²) in [6.07, 6.45) is 4.30. The third-order valence-corrected chi connectivity index (χ3v) is 3.45. The number of benzene rings is 1. The fourth-order valence-corrected chi connectivity index (χ4v) is 2.18. The second-order valence-electron chi connectivity index (χ2n) is 5.46. The highest BCUT2D eigenvalue weighted by Gasteiger charge is 2.18. The molecule has 1 heterocycles. The van der Waals surface area contributed by atoms with E-state index < -0.39 is 11.8 Å². The number of amides is 2. The number of nitrogens with zero attached hydrogens (tertiary/aromatic N) is 1. The number of hydrogen-bond acceptors (Lipinski definition) is 5. The molecule has 0 bridgehead atoms. The van der Waals surface area contributed by atoms with Crippen molar-refractivity contribution in [2.75, 3.05) is 19.8 Å². The molecule has 2 rings (SSSR count). The van der Waals surface area contributed by atoms with E-state index >= 15 is 0 Å². The molecule has 7 heteroatoms. The van der Waals surface area contributed by atoms with Crippen molar-refractivity contribution in [1.29, 1.82) is 0 Å². The molecule has 1 saturated heterocycles. The minimum Gasteiger partial charge on any atom is -0.494 e. The normalized spacial score (nSPS) is 17.0. The second-order valence-corrected chi connectivity index (χ2v) is 5.46. The zero-order valence-electron chi connectivity index (χ0n) is 13.8. The van der Waals surface area contributed by atoms with Crippen LogP contribution in [0.25, 0.3) is 0 Å². The van der Waals surface area contributed by atoms with E-state index in [9.17, 15) is 9.59 Å². The molecule has 0 aliphatic carbocycles. The van der Waals surface area contributed by atoms with Gasteiger partial charge < -0.3 is 14.8 Å². The van der Waals surface area contributed by atoms with Crippen LogP contribution in [-0.2, 0) is 14.3 Å². The van der Waals surface area contributed by atoms with Gasteiger partial charge in [-0.2, -0.15) is 5.10 Å². The van der Waals surface area contributed by atoms with Gasteiger partial charge in [0.1, 0.15) is 5.75 Å². The van der Waals surface area contributed by atoms with Crippen LogP contribution in [0.15, 0.2) is 29.4 Å². The summed E-state index contributed by atoms with van der Waals surface area (Å²) in [6.45, 7) is 3.76. The number of carbonyl (C=O) groups is 2. The first kappa shape index (κ1) is 17.9. The van der Waals surface area contributed by atoms with Gasteiger partial charge in [-0.1, -0.05) is 6.92 Å². The van der Waals surface area contributed by atoms with Crippen molar-refractivity contribution >= 4 is 18.0 Å². The highest BCUT2D eigenvalue weighted by Crippen LogP contribution is 2.11. The fourth-order valence-electron chi connectivity index (χ4n) is 2.18. The number of rotatable bonds is 7. The quantitative estimate of drug-likeness (QED) is 0.446. The zero-order chi connectivity index (χ0) is 17.2. The Morgan fingerprint density at radius 3 is 2.79 bits per heavy atom. The maximum Gasteiger partial charge on any atom is 0.329 e. The van der Waals surface area contributed by atoms with Crippen LogP contribution in [0.1, 0.15) is 31.7 Å². The lowest BCUT2D eigenvalue weighted by molar-refractivity contribution is -0.139. The first-order valence-corrected chi connectivity index (χ1v) is 8.14. The highest BCUT2D eigenvalue weighted by atomic mass is 16.5. The molecule has 0 aromatic heterocycles. The Labute approximate surface area is 141 Å². The van der Waals surface area contributed by atoms with Crippen LogP contribution in [-0.4, -0.2) is 43.9 Å². The Hall–Kier alpha value is -2.41. The predicted octanol–water partition coefficient (Wildman–Crippen LogP) is 1.22. The Balaban J connectivity index is 1.71. The summed E-state index contributed by atoms with van der Waals surface area (Å²) < 4.78 is 10.8. The highest BCUT2D eigenvalue weighted by molar-refractivity contribution is 6.35. The molecule has 130 valence electrons. The number of hydrogen-bond donors (Lipinski definition) is 2. The van der Waals surface area contributed by atoms with Gasteiger partial charge in [-0.3, -0.25) is 9.59 Å². The molecule has 1 atom stereocenters. The molecule has 2 amide bonds. The largest absolute Gasteiger partial charge is 0.494 e. The Kier molecular flexibility index (Phi) is 7.22. The summed E-state index contributed by atoms with van der Waals surface area (Å²) in [4.78, 5) is 23.2. The van der Waals surface area contributed by atoms with Gasteiger partial charge in [0.15, 0.2) is 0 Å². The molecule has 1 aliphatic rings. The van der Waals surface area contributed by atoms with Crippen molar-refractivity contribution in [2.24, 2.45) is 5.10 Å². The molecule has 0 saturated carbocycles. The first-order chi connectivity index (χ1) is 11.7. The van der Waals surface area contributed by atoms with E-state index in [0.29, 0.717) is 19.8 Å². The summed E-state index contributed by atoms with van der Waals surface area (Å²) in [5.41, 5.74) is 2.99. The Morgan fingerprint density at radius 1 is 1.33 bits per heavy atom. The first-order valence-electron chi connectivity index (χ1n) is 8.14. The van der Waals surface area contributed by atoms with E-state index in [1.807, 2.05) is 31.2 Å². The third kappa shape index (κ3) is 6.00. The van der Waals surface area contributed by atoms with Gasteiger partial charge in [-0.05, 0) is 49.1 Å². The van der Waals surface area contributed by atoms with Crippen molar-refractivity contribution in [1.82, 2.24) is 10.7 Å². The van der Waals surface area contributed by atoms with Crippen LogP contribution in [0.2, 0.25) is 0 Å². The summed E-state index contributed by atoms with van der Waals surface area (Å²) in [5.74, 6) is -0.732. The maximum atomic E-state index is 11.6. The average molecular weight is 333 g/mol. The lowest BCUT2D eigenvalue weighted by Crippen LogP contribution is -2.41. The SMILES string of the molecule is CCCOc1ccc(/C=N\NC(=O)C(=O)NC[C@@H]2CCCO2)cc1. The smallest absolute Gasteiger partial charge is 0.329 e. The average Bonchev–Trinajstić information content (AvgIpc) is 3.12. The fraction of sp³-hybridized carbons (Fsp3) is 0.471. The molecule has 2 N–H and O–H groups in total. The van der Waals surface area contributed by atoms with Crippen molar-refractivity contribution in [2.45, 2.75) is 32.3 Å². The summed E-state index contributed by atoms with van der Waals surface area (Å²) in [5, 5.41) is 6.31. The molecule has 1 aromatic rings. The Morgan fingerprint density at radius 2 is 2.12 bits per heavy atom. The molecule has 1 fully saturated rings. The van der Waals surface area contributed by atoms with Crippen LogP contribution in [0.5, 0.6) is 5.75 Å². The van der Waals surface area contributed by atoms with Crippen LogP contribution >= 0.6 is 0 Å². The molecule has 1 aromatic carbocycles. The second kappa shape index (κ2) is 9.67. The standard InChI is InChI=1S/C17H23N3O4/c1-2-9-23-14-7-5-13(6-8-14)11-19-20-17(22)16(21)18-12-15-4-3-10-24-15/h5-8,11,15H,2-4,9-10,12H2,1H3,(H,18,21)(H,20,22)/b19-11-/t15-/m0/s1. The van der Waals surface area contributed by atoms with Crippen LogP contribution < -0.4 is 15.5 Å². The van der Waals surface area contributed by atoms with Gasteiger partial charge in [-0.25, -0.2) is 5.43 Å². The van der Waals surface area contributed by atoms with E-state index in [-0.39, 0.29) is 6.10 Å². The molecule has 0 unspecified atom stereocenters. The minimum absolute atomic E-state index is 0.00121. The van der Waals surface area contributed by atoms with Gasteiger partial charge in [0.2, 0.25) is 0 Å². The van der Waals surface area contributed by atoms with Gasteiger partial charge in [0.25, 0.3) is 0 Å². The summed E-state index contributed by atoms with van der Waals surface area (Å²) in [7, 11) is 0. The molecule has 7 nitrogen and oxygen atoms in total. The van der Waals surface area contributed by atoms with Crippen LogP contribution in [0.3, 0.4) is 0 Å². The monoisotopic (exact) mass is 333 g/mol. The summed E-state index contributed by atoms with van der Waals surface area (Å²) in [6, 6.07) is 7.29. The van der Waals surface area contributed by atoms with E-state index in [2.05, 4.69) is 15.8 Å².